The van der Waals surface area contributed by atoms with E-state index in [1.807, 2.05) is 41.0 Å². The molecule has 2 aromatic carbocycles. The number of carbonyl (C=O) groups is 1. The summed E-state index contributed by atoms with van der Waals surface area (Å²) in [6.07, 6.45) is 1.91. The molecule has 0 aromatic heterocycles. The first-order chi connectivity index (χ1) is 13.5. The number of rotatable bonds is 6. The molecule has 6 heteroatoms. The second kappa shape index (κ2) is 9.15. The van der Waals surface area contributed by atoms with Crippen LogP contribution in [0.3, 0.4) is 0 Å². The van der Waals surface area contributed by atoms with Crippen LogP contribution in [-0.4, -0.2) is 37.0 Å². The maximum atomic E-state index is 13.9. The molecule has 0 spiro atoms. The monoisotopic (exact) mass is 388 g/mol. The number of halogens is 2. The van der Waals surface area contributed by atoms with Gasteiger partial charge in [-0.1, -0.05) is 19.1 Å². The Morgan fingerprint density at radius 2 is 1.79 bits per heavy atom. The van der Waals surface area contributed by atoms with Crippen molar-refractivity contribution < 1.29 is 18.3 Å². The molecule has 1 fully saturated rings. The van der Waals surface area contributed by atoms with Crippen LogP contribution in [-0.2, 0) is 11.3 Å². The zero-order chi connectivity index (χ0) is 20.1. The Hall–Kier alpha value is -2.47. The Balaban J connectivity index is 1.71. The van der Waals surface area contributed by atoms with Crippen LogP contribution in [0.15, 0.2) is 42.5 Å². The predicted octanol–water partition coefficient (Wildman–Crippen LogP) is 4.38. The minimum Gasteiger partial charge on any atom is -0.497 e. The van der Waals surface area contributed by atoms with Crippen LogP contribution in [0.1, 0.15) is 31.7 Å². The molecule has 0 unspecified atom stereocenters. The van der Waals surface area contributed by atoms with Crippen LogP contribution < -0.4 is 9.64 Å². The van der Waals surface area contributed by atoms with Crippen molar-refractivity contribution in [1.82, 2.24) is 4.90 Å². The summed E-state index contributed by atoms with van der Waals surface area (Å²) < 4.78 is 33.1. The van der Waals surface area contributed by atoms with E-state index >= 15 is 0 Å². The van der Waals surface area contributed by atoms with Gasteiger partial charge in [0, 0.05) is 49.4 Å². The molecule has 2 aromatic rings. The third-order valence-electron chi connectivity index (χ3n) is 5.27. The number of ether oxygens (including phenoxy) is 1. The molecule has 0 radical (unpaired) electrons. The Morgan fingerprint density at radius 3 is 2.39 bits per heavy atom. The number of likely N-dealkylation sites (tertiary alicyclic amines) is 1. The summed E-state index contributed by atoms with van der Waals surface area (Å²) in [4.78, 5) is 16.5. The average Bonchev–Trinajstić information content (AvgIpc) is 2.72. The fraction of sp³-hybridized carbons (Fsp3) is 0.409. The lowest BCUT2D eigenvalue weighted by Gasteiger charge is -2.38. The third kappa shape index (κ3) is 4.50. The Kier molecular flexibility index (Phi) is 6.62. The van der Waals surface area contributed by atoms with Gasteiger partial charge >= 0.3 is 0 Å². The molecule has 150 valence electrons. The lowest BCUT2D eigenvalue weighted by atomic mass is 10.0. The highest BCUT2D eigenvalue weighted by Crippen LogP contribution is 2.28. The summed E-state index contributed by atoms with van der Waals surface area (Å²) in [5.41, 5.74) is 0.931. The van der Waals surface area contributed by atoms with Gasteiger partial charge in [0.1, 0.15) is 17.4 Å². The maximum Gasteiger partial charge on any atom is 0.226 e. The Labute approximate surface area is 164 Å². The van der Waals surface area contributed by atoms with Gasteiger partial charge in [-0.3, -0.25) is 9.69 Å². The van der Waals surface area contributed by atoms with Gasteiger partial charge in [0.25, 0.3) is 0 Å². The molecule has 0 N–H and O–H groups in total. The van der Waals surface area contributed by atoms with E-state index in [1.54, 1.807) is 7.11 Å². The molecular weight excluding hydrogens is 362 g/mol. The van der Waals surface area contributed by atoms with E-state index in [4.69, 9.17) is 4.74 Å². The fourth-order valence-corrected chi connectivity index (χ4v) is 3.73. The smallest absolute Gasteiger partial charge is 0.226 e. The van der Waals surface area contributed by atoms with E-state index in [-0.39, 0.29) is 24.1 Å². The van der Waals surface area contributed by atoms with Gasteiger partial charge in [-0.05, 0) is 37.1 Å². The highest BCUT2D eigenvalue weighted by atomic mass is 19.1. The zero-order valence-corrected chi connectivity index (χ0v) is 16.3. The summed E-state index contributed by atoms with van der Waals surface area (Å²) in [5, 5.41) is 0. The molecular formula is C22H26F2N2O2. The second-order valence-electron chi connectivity index (χ2n) is 7.03. The van der Waals surface area contributed by atoms with E-state index in [2.05, 4.69) is 0 Å². The molecule has 0 bridgehead atoms. The van der Waals surface area contributed by atoms with Crippen molar-refractivity contribution in [2.75, 3.05) is 25.1 Å². The van der Waals surface area contributed by atoms with Crippen molar-refractivity contribution in [1.29, 1.82) is 0 Å². The number of amides is 1. The van der Waals surface area contributed by atoms with Crippen LogP contribution in [0.4, 0.5) is 14.5 Å². The molecule has 1 aliphatic heterocycles. The molecule has 1 saturated heterocycles. The van der Waals surface area contributed by atoms with Gasteiger partial charge in [0.15, 0.2) is 0 Å². The van der Waals surface area contributed by atoms with Gasteiger partial charge < -0.3 is 9.64 Å². The summed E-state index contributed by atoms with van der Waals surface area (Å²) in [5.74, 6) is -0.256. The molecule has 4 nitrogen and oxygen atoms in total. The SMILES string of the molecule is CCC(=O)N(c1cccc(OC)c1)C1CCN(Cc2c(F)cccc2F)CC1. The van der Waals surface area contributed by atoms with Crippen LogP contribution in [0.2, 0.25) is 0 Å². The lowest BCUT2D eigenvalue weighted by Crippen LogP contribution is -2.47. The van der Waals surface area contributed by atoms with Crippen LogP contribution in [0.25, 0.3) is 0 Å². The van der Waals surface area contributed by atoms with Crippen LogP contribution in [0, 0.1) is 11.6 Å². The second-order valence-corrected chi connectivity index (χ2v) is 7.03. The minimum atomic E-state index is -0.513. The minimum absolute atomic E-state index is 0.0567. The summed E-state index contributed by atoms with van der Waals surface area (Å²) >= 11 is 0. The number of piperidine rings is 1. The summed E-state index contributed by atoms with van der Waals surface area (Å²) in [6, 6.07) is 11.5. The lowest BCUT2D eigenvalue weighted by molar-refractivity contribution is -0.119. The Bertz CT molecular complexity index is 800. The molecule has 1 heterocycles. The third-order valence-corrected chi connectivity index (χ3v) is 5.27. The number of anilines is 1. The molecule has 0 saturated carbocycles. The largest absolute Gasteiger partial charge is 0.497 e. The Morgan fingerprint density at radius 1 is 1.14 bits per heavy atom. The van der Waals surface area contributed by atoms with Crippen molar-refractivity contribution in [2.45, 2.75) is 38.8 Å². The van der Waals surface area contributed by atoms with Gasteiger partial charge in [0.05, 0.1) is 7.11 Å². The van der Waals surface area contributed by atoms with Gasteiger partial charge in [-0.2, -0.15) is 0 Å². The van der Waals surface area contributed by atoms with Gasteiger partial charge in [-0.25, -0.2) is 8.78 Å². The van der Waals surface area contributed by atoms with E-state index in [9.17, 15) is 13.6 Å². The van der Waals surface area contributed by atoms with Gasteiger partial charge in [0.2, 0.25) is 5.91 Å². The maximum absolute atomic E-state index is 13.9. The van der Waals surface area contributed by atoms with Crippen molar-refractivity contribution >= 4 is 11.6 Å². The van der Waals surface area contributed by atoms with Crippen molar-refractivity contribution in [2.24, 2.45) is 0 Å². The normalized spacial score (nSPS) is 15.4. The van der Waals surface area contributed by atoms with Gasteiger partial charge in [-0.15, -0.1) is 0 Å². The van der Waals surface area contributed by atoms with Crippen LogP contribution >= 0.6 is 0 Å². The first-order valence-electron chi connectivity index (χ1n) is 9.64. The summed E-state index contributed by atoms with van der Waals surface area (Å²) in [7, 11) is 1.60. The standard InChI is InChI=1S/C22H26F2N2O2/c1-3-22(27)26(17-6-4-7-18(14-17)28-2)16-10-12-25(13-11-16)15-19-20(23)8-5-9-21(19)24/h4-9,14,16H,3,10-13,15H2,1-2H3. The van der Waals surface area contributed by atoms with E-state index < -0.39 is 11.6 Å². The van der Waals surface area contributed by atoms with Crippen molar-refractivity contribution in [3.05, 3.63) is 59.7 Å². The highest BCUT2D eigenvalue weighted by molar-refractivity contribution is 5.94. The van der Waals surface area contributed by atoms with E-state index in [1.165, 1.54) is 18.2 Å². The van der Waals surface area contributed by atoms with E-state index in [0.717, 1.165) is 18.5 Å². The molecule has 1 amide bonds. The number of benzene rings is 2. The fourth-order valence-electron chi connectivity index (χ4n) is 3.73. The molecule has 0 atom stereocenters. The van der Waals surface area contributed by atoms with E-state index in [0.29, 0.717) is 25.3 Å². The van der Waals surface area contributed by atoms with Crippen molar-refractivity contribution in [3.8, 4) is 5.75 Å². The first kappa shape index (κ1) is 20.3. The average molecular weight is 388 g/mol. The number of hydrogen-bond donors (Lipinski definition) is 0. The number of carbonyl (C=O) groups excluding carboxylic acids is 1. The molecule has 1 aliphatic rings. The zero-order valence-electron chi connectivity index (χ0n) is 16.3. The predicted molar refractivity (Wildman–Crippen MR) is 105 cm³/mol. The first-order valence-corrected chi connectivity index (χ1v) is 9.64. The summed E-state index contributed by atoms with van der Waals surface area (Å²) in [6.45, 7) is 3.45. The van der Waals surface area contributed by atoms with Crippen molar-refractivity contribution in [3.63, 3.8) is 0 Å². The number of methoxy groups -OCH3 is 1. The highest BCUT2D eigenvalue weighted by Gasteiger charge is 2.29. The number of hydrogen-bond acceptors (Lipinski definition) is 3. The molecule has 28 heavy (non-hydrogen) atoms. The molecule has 0 aliphatic carbocycles. The van der Waals surface area contributed by atoms with Crippen LogP contribution in [0.5, 0.6) is 5.75 Å². The molecule has 3 rings (SSSR count). The number of nitrogens with zero attached hydrogens (tertiary/aromatic N) is 2. The topological polar surface area (TPSA) is 32.8 Å². The quantitative estimate of drug-likeness (QED) is 0.736.